The largest absolute Gasteiger partial charge is 0.481 e. The molecule has 0 aliphatic rings. The van der Waals surface area contributed by atoms with Gasteiger partial charge >= 0.3 is 23.9 Å². The predicted octanol–water partition coefficient (Wildman–Crippen LogP) is 1.10. The highest BCUT2D eigenvalue weighted by molar-refractivity contribution is 8.00. The summed E-state index contributed by atoms with van der Waals surface area (Å²) in [5.74, 6) is -5.46. The monoisotopic (exact) mass is 314 g/mol. The van der Waals surface area contributed by atoms with Crippen LogP contribution < -0.4 is 0 Å². The van der Waals surface area contributed by atoms with E-state index in [1.807, 2.05) is 0 Å². The highest BCUT2D eigenvalue weighted by Crippen LogP contribution is 2.28. The van der Waals surface area contributed by atoms with Crippen molar-refractivity contribution >= 4 is 35.6 Å². The molecule has 0 heterocycles. The highest BCUT2D eigenvalue weighted by atomic mass is 32.2. The van der Waals surface area contributed by atoms with E-state index < -0.39 is 35.5 Å². The SMILES string of the molecule is O=C(O)CC(Sc1cc(C(=O)O)cc(C(=O)O)c1)C(=O)O. The molecule has 1 atom stereocenters. The third kappa shape index (κ3) is 4.80. The van der Waals surface area contributed by atoms with Gasteiger partial charge < -0.3 is 20.4 Å². The first-order valence-corrected chi connectivity index (χ1v) is 6.31. The van der Waals surface area contributed by atoms with Gasteiger partial charge in [0, 0.05) is 4.90 Å². The van der Waals surface area contributed by atoms with Crippen molar-refractivity contribution in [1.29, 1.82) is 0 Å². The smallest absolute Gasteiger partial charge is 0.335 e. The standard InChI is InChI=1S/C12H10O8S/c13-9(14)4-8(12(19)20)21-7-2-5(10(15)16)1-6(3-7)11(17)18/h1-3,8H,4H2,(H,13,14)(H,15,16)(H,17,18)(H,19,20). The molecule has 0 spiro atoms. The number of rotatable bonds is 7. The van der Waals surface area contributed by atoms with Gasteiger partial charge in [-0.1, -0.05) is 0 Å². The van der Waals surface area contributed by atoms with Crippen LogP contribution in [-0.2, 0) is 9.59 Å². The molecule has 0 aromatic heterocycles. The molecule has 4 N–H and O–H groups in total. The van der Waals surface area contributed by atoms with Crippen LogP contribution in [-0.4, -0.2) is 49.6 Å². The third-order valence-corrected chi connectivity index (χ3v) is 3.47. The molecule has 0 radical (unpaired) electrons. The average molecular weight is 314 g/mol. The number of aliphatic carboxylic acids is 2. The zero-order valence-electron chi connectivity index (χ0n) is 10.3. The van der Waals surface area contributed by atoms with E-state index in [1.54, 1.807) is 0 Å². The Hall–Kier alpha value is -2.55. The van der Waals surface area contributed by atoms with Gasteiger partial charge in [0.25, 0.3) is 0 Å². The molecule has 21 heavy (non-hydrogen) atoms. The molecule has 0 fully saturated rings. The lowest BCUT2D eigenvalue weighted by atomic mass is 10.1. The van der Waals surface area contributed by atoms with Gasteiger partial charge in [-0.15, -0.1) is 11.8 Å². The molecule has 0 bridgehead atoms. The molecule has 1 aromatic rings. The molecule has 1 unspecified atom stereocenters. The van der Waals surface area contributed by atoms with E-state index in [9.17, 15) is 19.2 Å². The Morgan fingerprint density at radius 3 is 1.71 bits per heavy atom. The van der Waals surface area contributed by atoms with Gasteiger partial charge in [0.2, 0.25) is 0 Å². The van der Waals surface area contributed by atoms with Crippen molar-refractivity contribution in [3.05, 3.63) is 29.3 Å². The Kier molecular flexibility index (Phi) is 5.30. The maximum absolute atomic E-state index is 11.0. The lowest BCUT2D eigenvalue weighted by Gasteiger charge is -2.11. The second-order valence-electron chi connectivity index (χ2n) is 3.90. The maximum atomic E-state index is 11.0. The summed E-state index contributed by atoms with van der Waals surface area (Å²) in [6.45, 7) is 0. The fourth-order valence-corrected chi connectivity index (χ4v) is 2.46. The lowest BCUT2D eigenvalue weighted by molar-refractivity contribution is -0.142. The van der Waals surface area contributed by atoms with Gasteiger partial charge in [-0.2, -0.15) is 0 Å². The zero-order chi connectivity index (χ0) is 16.2. The molecular weight excluding hydrogens is 304 g/mol. The molecule has 0 saturated carbocycles. The number of hydrogen-bond donors (Lipinski definition) is 4. The number of thioether (sulfide) groups is 1. The van der Waals surface area contributed by atoms with Gasteiger partial charge in [0.05, 0.1) is 17.5 Å². The summed E-state index contributed by atoms with van der Waals surface area (Å²) in [4.78, 5) is 43.4. The van der Waals surface area contributed by atoms with Crippen LogP contribution in [0, 0.1) is 0 Å². The Labute approximate surface area is 122 Å². The predicted molar refractivity (Wildman–Crippen MR) is 69.9 cm³/mol. The van der Waals surface area contributed by atoms with Gasteiger partial charge in [-0.05, 0) is 18.2 Å². The fourth-order valence-electron chi connectivity index (χ4n) is 1.42. The Bertz CT molecular complexity index is 577. The van der Waals surface area contributed by atoms with Crippen LogP contribution in [0.3, 0.4) is 0 Å². The number of carboxylic acids is 4. The third-order valence-electron chi connectivity index (χ3n) is 2.31. The van der Waals surface area contributed by atoms with Crippen LogP contribution in [0.5, 0.6) is 0 Å². The van der Waals surface area contributed by atoms with E-state index in [4.69, 9.17) is 20.4 Å². The minimum Gasteiger partial charge on any atom is -0.481 e. The molecule has 0 saturated heterocycles. The number of hydrogen-bond acceptors (Lipinski definition) is 5. The van der Waals surface area contributed by atoms with Crippen molar-refractivity contribution in [2.24, 2.45) is 0 Å². The van der Waals surface area contributed by atoms with Crippen LogP contribution in [0.4, 0.5) is 0 Å². The number of carboxylic acid groups (broad SMARTS) is 4. The first-order chi connectivity index (χ1) is 9.70. The molecule has 0 aliphatic heterocycles. The molecule has 1 aromatic carbocycles. The first kappa shape index (κ1) is 16.5. The van der Waals surface area contributed by atoms with E-state index in [2.05, 4.69) is 0 Å². The first-order valence-electron chi connectivity index (χ1n) is 5.43. The van der Waals surface area contributed by atoms with Crippen molar-refractivity contribution in [2.75, 3.05) is 0 Å². The second-order valence-corrected chi connectivity index (χ2v) is 5.18. The Morgan fingerprint density at radius 2 is 1.38 bits per heavy atom. The van der Waals surface area contributed by atoms with Crippen molar-refractivity contribution in [3.8, 4) is 0 Å². The summed E-state index contributed by atoms with van der Waals surface area (Å²) < 4.78 is 0. The lowest BCUT2D eigenvalue weighted by Crippen LogP contribution is -2.20. The minimum absolute atomic E-state index is 0.0564. The van der Waals surface area contributed by atoms with Crippen molar-refractivity contribution in [3.63, 3.8) is 0 Å². The molecule has 9 heteroatoms. The van der Waals surface area contributed by atoms with Crippen LogP contribution in [0.15, 0.2) is 23.1 Å². The van der Waals surface area contributed by atoms with Crippen molar-refractivity contribution in [2.45, 2.75) is 16.6 Å². The summed E-state index contributed by atoms with van der Waals surface area (Å²) in [5, 5.41) is 34.0. The molecule has 8 nitrogen and oxygen atoms in total. The average Bonchev–Trinajstić information content (AvgIpc) is 2.36. The molecule has 0 aliphatic carbocycles. The molecular formula is C12H10O8S. The molecule has 1 rings (SSSR count). The van der Waals surface area contributed by atoms with E-state index >= 15 is 0 Å². The van der Waals surface area contributed by atoms with Crippen molar-refractivity contribution in [1.82, 2.24) is 0 Å². The zero-order valence-corrected chi connectivity index (χ0v) is 11.2. The van der Waals surface area contributed by atoms with Gasteiger partial charge in [-0.3, -0.25) is 9.59 Å². The summed E-state index contributed by atoms with van der Waals surface area (Å²) in [6.07, 6.45) is -0.681. The Balaban J connectivity index is 3.16. The van der Waals surface area contributed by atoms with Gasteiger partial charge in [0.15, 0.2) is 0 Å². The fraction of sp³-hybridized carbons (Fsp3) is 0.167. The Morgan fingerprint density at radius 1 is 0.905 bits per heavy atom. The van der Waals surface area contributed by atoms with Gasteiger partial charge in [-0.25, -0.2) is 9.59 Å². The number of carbonyl (C=O) groups is 4. The highest BCUT2D eigenvalue weighted by Gasteiger charge is 2.23. The summed E-state index contributed by atoms with van der Waals surface area (Å²) in [5.41, 5.74) is -0.645. The molecule has 0 amide bonds. The quantitative estimate of drug-likeness (QED) is 0.542. The van der Waals surface area contributed by atoms with E-state index in [0.717, 1.165) is 18.2 Å². The molecule has 112 valence electrons. The normalized spacial score (nSPS) is 11.6. The van der Waals surface area contributed by atoms with E-state index in [0.29, 0.717) is 11.8 Å². The maximum Gasteiger partial charge on any atom is 0.335 e. The van der Waals surface area contributed by atoms with E-state index in [1.165, 1.54) is 0 Å². The topological polar surface area (TPSA) is 149 Å². The van der Waals surface area contributed by atoms with Crippen LogP contribution in [0.1, 0.15) is 27.1 Å². The number of benzene rings is 1. The summed E-state index contributed by atoms with van der Waals surface area (Å²) in [7, 11) is 0. The minimum atomic E-state index is -1.39. The summed E-state index contributed by atoms with van der Waals surface area (Å²) in [6, 6.07) is 3.12. The van der Waals surface area contributed by atoms with Crippen LogP contribution in [0.25, 0.3) is 0 Å². The second kappa shape index (κ2) is 6.75. The van der Waals surface area contributed by atoms with Gasteiger partial charge in [0.1, 0.15) is 5.25 Å². The summed E-state index contributed by atoms with van der Waals surface area (Å²) >= 11 is 0.581. The van der Waals surface area contributed by atoms with Crippen LogP contribution >= 0.6 is 11.8 Å². The van der Waals surface area contributed by atoms with E-state index in [-0.39, 0.29) is 16.0 Å². The van der Waals surface area contributed by atoms with Crippen LogP contribution in [0.2, 0.25) is 0 Å². The number of aromatic carboxylic acids is 2. The van der Waals surface area contributed by atoms with Crippen molar-refractivity contribution < 1.29 is 39.6 Å².